The molecule has 2 aromatic carbocycles. The van der Waals surface area contributed by atoms with Crippen LogP contribution in [0.1, 0.15) is 26.6 Å². The van der Waals surface area contributed by atoms with Crippen LogP contribution in [0.2, 0.25) is 5.02 Å². The number of nitrogens with zero attached hydrogens (tertiary/aromatic N) is 2. The van der Waals surface area contributed by atoms with Crippen LogP contribution in [0.3, 0.4) is 0 Å². The minimum absolute atomic E-state index is 0.101. The van der Waals surface area contributed by atoms with Crippen LogP contribution in [-0.4, -0.2) is 21.1 Å². The molecule has 9 heteroatoms. The molecule has 0 atom stereocenters. The summed E-state index contributed by atoms with van der Waals surface area (Å²) in [4.78, 5) is 27.6. The molecule has 7 nitrogen and oxygen atoms in total. The maximum atomic E-state index is 12.5. The summed E-state index contributed by atoms with van der Waals surface area (Å²) in [6, 6.07) is 18.2. The first kappa shape index (κ1) is 20.8. The average Bonchev–Trinajstić information content (AvgIpc) is 3.21. The van der Waals surface area contributed by atoms with Crippen molar-refractivity contribution < 1.29 is 9.53 Å². The third kappa shape index (κ3) is 5.56. The van der Waals surface area contributed by atoms with Gasteiger partial charge in [0.2, 0.25) is 10.6 Å². The van der Waals surface area contributed by atoms with Crippen molar-refractivity contribution >= 4 is 34.0 Å². The van der Waals surface area contributed by atoms with E-state index in [1.54, 1.807) is 12.1 Å². The Labute approximate surface area is 186 Å². The highest BCUT2D eigenvalue weighted by molar-refractivity contribution is 7.15. The van der Waals surface area contributed by atoms with Gasteiger partial charge in [-0.1, -0.05) is 65.4 Å². The standard InChI is InChI=1S/C22H17ClN4O3S/c23-16-8-6-15(7-9-16)13-30-19-12-24-17(11-18(19)28)21(29)25-22-27-26-20(31-22)10-14-4-2-1-3-5-14/h1-9,11-12H,10,13H2,(H,24,28)(H,25,27,29). The van der Waals surface area contributed by atoms with E-state index >= 15 is 0 Å². The first-order valence-electron chi connectivity index (χ1n) is 9.34. The monoisotopic (exact) mass is 452 g/mol. The smallest absolute Gasteiger partial charge is 0.274 e. The predicted molar refractivity (Wildman–Crippen MR) is 120 cm³/mol. The number of carbonyl (C=O) groups excluding carboxylic acids is 1. The number of aromatic nitrogens is 3. The molecule has 2 aromatic heterocycles. The van der Waals surface area contributed by atoms with Gasteiger partial charge in [-0.2, -0.15) is 0 Å². The summed E-state index contributed by atoms with van der Waals surface area (Å²) in [5, 5.41) is 12.5. The lowest BCUT2D eigenvalue weighted by Gasteiger charge is -2.07. The molecule has 0 saturated carbocycles. The van der Waals surface area contributed by atoms with E-state index in [9.17, 15) is 9.59 Å². The summed E-state index contributed by atoms with van der Waals surface area (Å²) in [7, 11) is 0. The number of benzene rings is 2. The average molecular weight is 453 g/mol. The highest BCUT2D eigenvalue weighted by Gasteiger charge is 2.13. The number of ether oxygens (including phenoxy) is 1. The van der Waals surface area contributed by atoms with Gasteiger partial charge in [-0.25, -0.2) is 0 Å². The topological polar surface area (TPSA) is 97.0 Å². The van der Waals surface area contributed by atoms with Crippen LogP contribution in [-0.2, 0) is 13.0 Å². The van der Waals surface area contributed by atoms with E-state index in [1.165, 1.54) is 23.6 Å². The van der Waals surface area contributed by atoms with Gasteiger partial charge in [0.05, 0.1) is 0 Å². The second-order valence-corrected chi connectivity index (χ2v) is 8.11. The van der Waals surface area contributed by atoms with Crippen molar-refractivity contribution in [3.8, 4) is 5.75 Å². The number of nitrogens with one attached hydrogen (secondary N) is 2. The van der Waals surface area contributed by atoms with Crippen LogP contribution >= 0.6 is 22.9 Å². The molecule has 0 aliphatic carbocycles. The van der Waals surface area contributed by atoms with Crippen molar-refractivity contribution in [2.45, 2.75) is 13.0 Å². The van der Waals surface area contributed by atoms with Gasteiger partial charge in [0, 0.05) is 23.7 Å². The third-order valence-electron chi connectivity index (χ3n) is 4.31. The fraction of sp³-hybridized carbons (Fsp3) is 0.0909. The number of hydrogen-bond acceptors (Lipinski definition) is 6. The summed E-state index contributed by atoms with van der Waals surface area (Å²) in [6.07, 6.45) is 2.00. The van der Waals surface area contributed by atoms with Crippen LogP contribution < -0.4 is 15.5 Å². The first-order valence-corrected chi connectivity index (χ1v) is 10.5. The fourth-order valence-corrected chi connectivity index (χ4v) is 3.65. The molecule has 31 heavy (non-hydrogen) atoms. The molecule has 0 fully saturated rings. The molecule has 0 radical (unpaired) electrons. The van der Waals surface area contributed by atoms with E-state index in [0.29, 0.717) is 16.6 Å². The Morgan fingerprint density at radius 2 is 1.84 bits per heavy atom. The Balaban J connectivity index is 1.37. The fourth-order valence-electron chi connectivity index (χ4n) is 2.75. The quantitative estimate of drug-likeness (QED) is 0.435. The molecule has 0 saturated heterocycles. The van der Waals surface area contributed by atoms with E-state index in [0.717, 1.165) is 16.1 Å². The number of hydrogen-bond donors (Lipinski definition) is 2. The lowest BCUT2D eigenvalue weighted by Crippen LogP contribution is -2.17. The van der Waals surface area contributed by atoms with Crippen molar-refractivity contribution in [2.24, 2.45) is 0 Å². The molecule has 156 valence electrons. The van der Waals surface area contributed by atoms with Gasteiger partial charge in [0.25, 0.3) is 5.91 Å². The van der Waals surface area contributed by atoms with Crippen molar-refractivity contribution in [3.05, 3.63) is 104 Å². The number of carbonyl (C=O) groups is 1. The molecular formula is C22H17ClN4O3S. The highest BCUT2D eigenvalue weighted by Crippen LogP contribution is 2.19. The zero-order valence-electron chi connectivity index (χ0n) is 16.2. The minimum atomic E-state index is -0.483. The largest absolute Gasteiger partial charge is 0.483 e. The zero-order valence-corrected chi connectivity index (χ0v) is 17.7. The summed E-state index contributed by atoms with van der Waals surface area (Å²) >= 11 is 7.14. The van der Waals surface area contributed by atoms with Gasteiger partial charge in [0.1, 0.15) is 17.3 Å². The number of anilines is 1. The SMILES string of the molecule is O=C(Nc1nnc(Cc2ccccc2)s1)c1cc(=O)c(OCc2ccc(Cl)cc2)c[nH]1. The number of aromatic amines is 1. The molecule has 4 rings (SSSR count). The van der Waals surface area contributed by atoms with Gasteiger partial charge in [-0.15, -0.1) is 10.2 Å². The number of pyridine rings is 1. The molecule has 2 heterocycles. The molecule has 0 spiro atoms. The highest BCUT2D eigenvalue weighted by atomic mass is 35.5. The Bertz CT molecular complexity index is 1240. The Kier molecular flexibility index (Phi) is 6.40. The maximum absolute atomic E-state index is 12.5. The van der Waals surface area contributed by atoms with Crippen LogP contribution in [0.4, 0.5) is 5.13 Å². The Morgan fingerprint density at radius 1 is 1.06 bits per heavy atom. The Morgan fingerprint density at radius 3 is 2.58 bits per heavy atom. The molecule has 0 bridgehead atoms. The normalized spacial score (nSPS) is 10.6. The van der Waals surface area contributed by atoms with Crippen molar-refractivity contribution in [3.63, 3.8) is 0 Å². The summed E-state index contributed by atoms with van der Waals surface area (Å²) < 4.78 is 5.54. The van der Waals surface area contributed by atoms with E-state index in [1.807, 2.05) is 42.5 Å². The van der Waals surface area contributed by atoms with Gasteiger partial charge in [0.15, 0.2) is 5.75 Å². The molecule has 2 N–H and O–H groups in total. The minimum Gasteiger partial charge on any atom is -0.483 e. The zero-order chi connectivity index (χ0) is 21.6. The first-order chi connectivity index (χ1) is 15.1. The molecule has 4 aromatic rings. The van der Waals surface area contributed by atoms with Gasteiger partial charge in [-0.05, 0) is 23.3 Å². The molecule has 0 aliphatic rings. The number of rotatable bonds is 7. The van der Waals surface area contributed by atoms with Gasteiger partial charge >= 0.3 is 0 Å². The van der Waals surface area contributed by atoms with E-state index in [2.05, 4.69) is 20.5 Å². The second kappa shape index (κ2) is 9.55. The lowest BCUT2D eigenvalue weighted by molar-refractivity contribution is 0.102. The summed E-state index contributed by atoms with van der Waals surface area (Å²) in [5.41, 5.74) is 1.67. The summed E-state index contributed by atoms with van der Waals surface area (Å²) in [6.45, 7) is 0.209. The Hall–Kier alpha value is -3.49. The van der Waals surface area contributed by atoms with Crippen molar-refractivity contribution in [1.82, 2.24) is 15.2 Å². The van der Waals surface area contributed by atoms with Crippen LogP contribution in [0, 0.1) is 0 Å². The van der Waals surface area contributed by atoms with E-state index in [4.69, 9.17) is 16.3 Å². The number of amides is 1. The van der Waals surface area contributed by atoms with E-state index in [-0.39, 0.29) is 18.1 Å². The second-order valence-electron chi connectivity index (χ2n) is 6.61. The lowest BCUT2D eigenvalue weighted by atomic mass is 10.2. The van der Waals surface area contributed by atoms with Crippen LogP contribution in [0.25, 0.3) is 0 Å². The van der Waals surface area contributed by atoms with Crippen LogP contribution in [0.15, 0.2) is 71.7 Å². The molecule has 0 aliphatic heterocycles. The van der Waals surface area contributed by atoms with Crippen molar-refractivity contribution in [1.29, 1.82) is 0 Å². The molecule has 0 unspecified atom stereocenters. The van der Waals surface area contributed by atoms with E-state index < -0.39 is 11.3 Å². The third-order valence-corrected chi connectivity index (χ3v) is 5.41. The van der Waals surface area contributed by atoms with Gasteiger partial charge in [-0.3, -0.25) is 14.9 Å². The molecular weight excluding hydrogens is 436 g/mol. The summed E-state index contributed by atoms with van der Waals surface area (Å²) in [5.74, 6) is -0.365. The van der Waals surface area contributed by atoms with Gasteiger partial charge < -0.3 is 9.72 Å². The molecule has 1 amide bonds. The predicted octanol–water partition coefficient (Wildman–Crippen LogP) is 4.30. The number of halogens is 1. The maximum Gasteiger partial charge on any atom is 0.274 e. The van der Waals surface area contributed by atoms with Crippen LogP contribution in [0.5, 0.6) is 5.75 Å². The number of H-pyrrole nitrogens is 1. The van der Waals surface area contributed by atoms with Crippen molar-refractivity contribution in [2.75, 3.05) is 5.32 Å².